The highest BCUT2D eigenvalue weighted by molar-refractivity contribution is 5.92. The molecule has 41 heavy (non-hydrogen) atoms. The lowest BCUT2D eigenvalue weighted by molar-refractivity contribution is -0.143. The zero-order valence-electron chi connectivity index (χ0n) is 26.9. The first kappa shape index (κ1) is 36.2. The molecule has 0 radical (unpaired) electrons. The van der Waals surface area contributed by atoms with Crippen LogP contribution in [0.25, 0.3) is 6.08 Å². The van der Waals surface area contributed by atoms with Gasteiger partial charge in [-0.3, -0.25) is 9.59 Å². The Hall–Kier alpha value is -2.83. The lowest BCUT2D eigenvalue weighted by Crippen LogP contribution is -2.55. The summed E-state index contributed by atoms with van der Waals surface area (Å²) in [6.07, 6.45) is 11.1. The van der Waals surface area contributed by atoms with Crippen molar-refractivity contribution < 1.29 is 19.1 Å². The fraction of sp³-hybridized carbons (Fsp3) is 0.676. The van der Waals surface area contributed by atoms with Gasteiger partial charge in [-0.1, -0.05) is 110 Å². The van der Waals surface area contributed by atoms with E-state index in [0.717, 1.165) is 62.5 Å². The van der Waals surface area contributed by atoms with E-state index in [-0.39, 0.29) is 17.7 Å². The zero-order chi connectivity index (χ0) is 30.8. The topological polar surface area (TPSA) is 87.7 Å². The molecule has 0 aromatic heterocycles. The maximum absolute atomic E-state index is 14.4. The van der Waals surface area contributed by atoms with Crippen LogP contribution >= 0.6 is 0 Å². The van der Waals surface area contributed by atoms with E-state index >= 15 is 0 Å². The SMILES string of the molecule is C=Cc1cccc(C(C(=O)NCCCCC)N(CCCCCCCC)C(=O)C(NC(=O)OC(C)(C)C)C(C)CC)c1. The Morgan fingerprint density at radius 2 is 1.61 bits per heavy atom. The second-order valence-corrected chi connectivity index (χ2v) is 12.1. The van der Waals surface area contributed by atoms with Gasteiger partial charge in [-0.05, 0) is 56.7 Å². The quantitative estimate of drug-likeness (QED) is 0.166. The van der Waals surface area contributed by atoms with Gasteiger partial charge < -0.3 is 20.3 Å². The Bertz CT molecular complexity index is 940. The van der Waals surface area contributed by atoms with Crippen LogP contribution in [0.3, 0.4) is 0 Å². The van der Waals surface area contributed by atoms with Crippen molar-refractivity contribution in [1.29, 1.82) is 0 Å². The zero-order valence-corrected chi connectivity index (χ0v) is 26.9. The summed E-state index contributed by atoms with van der Waals surface area (Å²) in [6.45, 7) is 18.5. The lowest BCUT2D eigenvalue weighted by atomic mass is 9.95. The van der Waals surface area contributed by atoms with Gasteiger partial charge in [-0.15, -0.1) is 0 Å². The van der Waals surface area contributed by atoms with Crippen LogP contribution in [0.1, 0.15) is 130 Å². The number of carbonyl (C=O) groups is 3. The van der Waals surface area contributed by atoms with E-state index in [1.807, 2.05) is 38.1 Å². The fourth-order valence-corrected chi connectivity index (χ4v) is 4.74. The molecule has 3 amide bonds. The molecule has 0 aliphatic carbocycles. The van der Waals surface area contributed by atoms with E-state index in [9.17, 15) is 14.4 Å². The van der Waals surface area contributed by atoms with Crippen molar-refractivity contribution in [3.05, 3.63) is 42.0 Å². The highest BCUT2D eigenvalue weighted by Gasteiger charge is 2.37. The molecule has 0 saturated carbocycles. The highest BCUT2D eigenvalue weighted by atomic mass is 16.6. The monoisotopic (exact) mass is 571 g/mol. The van der Waals surface area contributed by atoms with Crippen molar-refractivity contribution in [2.24, 2.45) is 5.92 Å². The molecule has 232 valence electrons. The van der Waals surface area contributed by atoms with E-state index in [0.29, 0.717) is 19.5 Å². The normalized spacial score (nSPS) is 13.5. The number of rotatable bonds is 19. The molecular formula is C34H57N3O4. The van der Waals surface area contributed by atoms with Gasteiger partial charge in [0.1, 0.15) is 17.7 Å². The molecule has 3 atom stereocenters. The third-order valence-corrected chi connectivity index (χ3v) is 7.29. The van der Waals surface area contributed by atoms with Crippen molar-refractivity contribution in [2.45, 2.75) is 130 Å². The van der Waals surface area contributed by atoms with Crippen LogP contribution < -0.4 is 10.6 Å². The van der Waals surface area contributed by atoms with Crippen LogP contribution in [0, 0.1) is 5.92 Å². The van der Waals surface area contributed by atoms with Crippen LogP contribution in [0.5, 0.6) is 0 Å². The summed E-state index contributed by atoms with van der Waals surface area (Å²) in [6, 6.07) is 5.98. The number of ether oxygens (including phenoxy) is 1. The average Bonchev–Trinajstić information content (AvgIpc) is 2.93. The molecule has 7 heteroatoms. The van der Waals surface area contributed by atoms with Gasteiger partial charge in [0.25, 0.3) is 0 Å². The molecule has 1 rings (SSSR count). The number of benzene rings is 1. The molecule has 0 heterocycles. The summed E-state index contributed by atoms with van der Waals surface area (Å²) in [5.41, 5.74) is 0.913. The van der Waals surface area contributed by atoms with Crippen molar-refractivity contribution in [3.63, 3.8) is 0 Å². The molecule has 0 saturated heterocycles. The minimum absolute atomic E-state index is 0.158. The molecule has 3 unspecified atom stereocenters. The number of nitrogens with one attached hydrogen (secondary N) is 2. The summed E-state index contributed by atoms with van der Waals surface area (Å²) in [5.74, 6) is -0.631. The van der Waals surface area contributed by atoms with E-state index in [4.69, 9.17) is 4.74 Å². The summed E-state index contributed by atoms with van der Waals surface area (Å²) < 4.78 is 5.52. The van der Waals surface area contributed by atoms with Gasteiger partial charge in [0, 0.05) is 13.1 Å². The van der Waals surface area contributed by atoms with E-state index in [2.05, 4.69) is 31.1 Å². The minimum Gasteiger partial charge on any atom is -0.444 e. The second kappa shape index (κ2) is 19.3. The van der Waals surface area contributed by atoms with Gasteiger partial charge in [0.05, 0.1) is 0 Å². The predicted molar refractivity (Wildman–Crippen MR) is 170 cm³/mol. The fourth-order valence-electron chi connectivity index (χ4n) is 4.74. The summed E-state index contributed by atoms with van der Waals surface area (Å²) in [4.78, 5) is 42.8. The summed E-state index contributed by atoms with van der Waals surface area (Å²) >= 11 is 0. The number of amides is 3. The summed E-state index contributed by atoms with van der Waals surface area (Å²) in [7, 11) is 0. The maximum Gasteiger partial charge on any atom is 0.408 e. The molecule has 0 fully saturated rings. The Balaban J connectivity index is 3.48. The van der Waals surface area contributed by atoms with Crippen molar-refractivity contribution in [2.75, 3.05) is 13.1 Å². The van der Waals surface area contributed by atoms with Crippen LogP contribution in [-0.4, -0.2) is 47.5 Å². The minimum atomic E-state index is -0.827. The number of hydrogen-bond acceptors (Lipinski definition) is 4. The van der Waals surface area contributed by atoms with Gasteiger partial charge in [0.2, 0.25) is 11.8 Å². The molecule has 0 aliphatic rings. The van der Waals surface area contributed by atoms with Crippen LogP contribution in [0.15, 0.2) is 30.8 Å². The molecule has 1 aromatic carbocycles. The molecule has 0 aliphatic heterocycles. The van der Waals surface area contributed by atoms with Crippen LogP contribution in [-0.2, 0) is 14.3 Å². The van der Waals surface area contributed by atoms with E-state index in [1.54, 1.807) is 31.7 Å². The molecule has 2 N–H and O–H groups in total. The first-order valence-corrected chi connectivity index (χ1v) is 15.8. The third kappa shape index (κ3) is 13.6. The van der Waals surface area contributed by atoms with Gasteiger partial charge in [0.15, 0.2) is 0 Å². The van der Waals surface area contributed by atoms with E-state index in [1.165, 1.54) is 6.42 Å². The molecule has 0 bridgehead atoms. The van der Waals surface area contributed by atoms with Crippen LogP contribution in [0.2, 0.25) is 0 Å². The Morgan fingerprint density at radius 3 is 2.22 bits per heavy atom. The van der Waals surface area contributed by atoms with E-state index < -0.39 is 23.8 Å². The number of hydrogen-bond donors (Lipinski definition) is 2. The highest BCUT2D eigenvalue weighted by Crippen LogP contribution is 2.27. The first-order valence-electron chi connectivity index (χ1n) is 15.8. The van der Waals surface area contributed by atoms with Crippen LogP contribution in [0.4, 0.5) is 4.79 Å². The number of unbranched alkanes of at least 4 members (excludes halogenated alkanes) is 7. The number of alkyl carbamates (subject to hydrolysis) is 1. The van der Waals surface area contributed by atoms with Crippen molar-refractivity contribution in [3.8, 4) is 0 Å². The third-order valence-electron chi connectivity index (χ3n) is 7.29. The van der Waals surface area contributed by atoms with Gasteiger partial charge in [-0.25, -0.2) is 4.79 Å². The first-order chi connectivity index (χ1) is 19.5. The average molecular weight is 572 g/mol. The molecule has 1 aromatic rings. The standard InChI is InChI=1S/C34H57N3O4/c1-9-13-15-16-17-19-24-37(32(39)29(26(5)11-3)36-33(40)41-34(6,7)8)30(31(38)35-23-18-14-10-2)28-22-20-21-27(12-4)25-28/h12,20-22,25-26,29-30H,4,9-11,13-19,23-24H2,1-3,5-8H3,(H,35,38)(H,36,40). The van der Waals surface area contributed by atoms with Crippen molar-refractivity contribution in [1.82, 2.24) is 15.5 Å². The smallest absolute Gasteiger partial charge is 0.408 e. The maximum atomic E-state index is 14.4. The Morgan fingerprint density at radius 1 is 0.976 bits per heavy atom. The number of carbonyl (C=O) groups excluding carboxylic acids is 3. The van der Waals surface area contributed by atoms with Gasteiger partial charge in [-0.2, -0.15) is 0 Å². The Labute approximate surface area is 249 Å². The van der Waals surface area contributed by atoms with Gasteiger partial charge >= 0.3 is 6.09 Å². The summed E-state index contributed by atoms with van der Waals surface area (Å²) in [5, 5.41) is 5.94. The number of nitrogens with zero attached hydrogens (tertiary/aromatic N) is 1. The van der Waals surface area contributed by atoms with Crippen molar-refractivity contribution >= 4 is 24.0 Å². The molecule has 7 nitrogen and oxygen atoms in total. The molecule has 0 spiro atoms. The molecular weight excluding hydrogens is 514 g/mol. The largest absolute Gasteiger partial charge is 0.444 e. The predicted octanol–water partition coefficient (Wildman–Crippen LogP) is 7.81. The lowest BCUT2D eigenvalue weighted by Gasteiger charge is -2.36. The second-order valence-electron chi connectivity index (χ2n) is 12.1. The Kier molecular flexibility index (Phi) is 17.1.